The molecule has 1 aliphatic rings. The summed E-state index contributed by atoms with van der Waals surface area (Å²) < 4.78 is 28.4. The zero-order valence-electron chi connectivity index (χ0n) is 13.8. The lowest BCUT2D eigenvalue weighted by Crippen LogP contribution is -2.21. The van der Waals surface area contributed by atoms with Gasteiger partial charge in [0.25, 0.3) is 0 Å². The summed E-state index contributed by atoms with van der Waals surface area (Å²) >= 11 is 6.10. The maximum atomic E-state index is 11.5. The van der Waals surface area contributed by atoms with E-state index < -0.39 is 9.84 Å². The van der Waals surface area contributed by atoms with E-state index in [0.717, 1.165) is 5.56 Å². The lowest BCUT2D eigenvalue weighted by molar-refractivity contribution is 0.416. The Morgan fingerprint density at radius 3 is 2.84 bits per heavy atom. The zero-order chi connectivity index (χ0) is 18.0. The van der Waals surface area contributed by atoms with Gasteiger partial charge in [0.1, 0.15) is 5.75 Å². The molecule has 0 saturated carbocycles. The molecule has 0 amide bonds. The van der Waals surface area contributed by atoms with E-state index >= 15 is 0 Å². The van der Waals surface area contributed by atoms with Crippen molar-refractivity contribution in [1.82, 2.24) is 15.2 Å². The highest BCUT2D eigenvalue weighted by atomic mass is 35.5. The summed E-state index contributed by atoms with van der Waals surface area (Å²) in [5.74, 6) is 1.58. The van der Waals surface area contributed by atoms with Crippen LogP contribution in [0.15, 0.2) is 18.3 Å². The molecular weight excluding hydrogens is 366 g/mol. The first-order valence-electron chi connectivity index (χ1n) is 7.64. The van der Waals surface area contributed by atoms with E-state index in [-0.39, 0.29) is 23.5 Å². The number of hydrogen-bond donors (Lipinski definition) is 2. The number of anilines is 3. The number of rotatable bonds is 5. The molecule has 1 atom stereocenters. The van der Waals surface area contributed by atoms with E-state index in [1.165, 1.54) is 6.20 Å². The van der Waals surface area contributed by atoms with E-state index in [2.05, 4.69) is 25.8 Å². The van der Waals surface area contributed by atoms with Gasteiger partial charge in [-0.2, -0.15) is 10.1 Å². The maximum Gasteiger partial charge on any atom is 0.249 e. The second kappa shape index (κ2) is 7.01. The molecule has 3 rings (SSSR count). The first kappa shape index (κ1) is 17.7. The van der Waals surface area contributed by atoms with Crippen molar-refractivity contribution in [2.24, 2.45) is 0 Å². The fraction of sp³-hybridized carbons (Fsp3) is 0.400. The monoisotopic (exact) mass is 383 g/mol. The third-order valence-electron chi connectivity index (χ3n) is 3.87. The van der Waals surface area contributed by atoms with Gasteiger partial charge in [-0.25, -0.2) is 8.42 Å². The Hall–Kier alpha value is -2.13. The standard InChI is InChI=1S/C15H18ClN5O3S/c1-9-5-12(13(24-2)6-11(9)16)19-15-20-14(7-17-21-15)18-10-3-4-25(22,23)8-10/h5-7,10H,3-4,8H2,1-2H3,(H2,18,19,20,21). The Bertz CT molecular complexity index is 891. The number of aryl methyl sites for hydroxylation is 1. The van der Waals surface area contributed by atoms with Crippen LogP contribution >= 0.6 is 11.6 Å². The van der Waals surface area contributed by atoms with Crippen LogP contribution in [0.2, 0.25) is 5.02 Å². The second-order valence-corrected chi connectivity index (χ2v) is 8.47. The number of hydrogen-bond acceptors (Lipinski definition) is 8. The largest absolute Gasteiger partial charge is 0.495 e. The van der Waals surface area contributed by atoms with Gasteiger partial charge in [-0.15, -0.1) is 5.10 Å². The van der Waals surface area contributed by atoms with Crippen LogP contribution in [-0.2, 0) is 9.84 Å². The maximum absolute atomic E-state index is 11.5. The van der Waals surface area contributed by atoms with Crippen molar-refractivity contribution in [2.75, 3.05) is 29.2 Å². The summed E-state index contributed by atoms with van der Waals surface area (Å²) in [6, 6.07) is 3.37. The third kappa shape index (κ3) is 4.29. The lowest BCUT2D eigenvalue weighted by atomic mass is 10.2. The third-order valence-corrected chi connectivity index (χ3v) is 6.05. The van der Waals surface area contributed by atoms with E-state index in [1.807, 2.05) is 13.0 Å². The summed E-state index contributed by atoms with van der Waals surface area (Å²) in [5.41, 5.74) is 1.54. The molecule has 0 bridgehead atoms. The molecule has 1 aromatic heterocycles. The number of methoxy groups -OCH3 is 1. The van der Waals surface area contributed by atoms with E-state index in [0.29, 0.717) is 28.7 Å². The normalized spacial score (nSPS) is 18.8. The smallest absolute Gasteiger partial charge is 0.249 e. The summed E-state index contributed by atoms with van der Waals surface area (Å²) in [6.07, 6.45) is 2.01. The van der Waals surface area contributed by atoms with E-state index in [4.69, 9.17) is 16.3 Å². The second-order valence-electron chi connectivity index (χ2n) is 5.84. The molecule has 1 unspecified atom stereocenters. The minimum Gasteiger partial charge on any atom is -0.495 e. The van der Waals surface area contributed by atoms with Crippen LogP contribution in [0, 0.1) is 6.92 Å². The number of sulfone groups is 1. The number of aromatic nitrogens is 3. The fourth-order valence-electron chi connectivity index (χ4n) is 2.59. The number of nitrogens with zero attached hydrogens (tertiary/aromatic N) is 3. The van der Waals surface area contributed by atoms with Crippen molar-refractivity contribution in [3.8, 4) is 5.75 Å². The number of halogens is 1. The summed E-state index contributed by atoms with van der Waals surface area (Å²) in [6.45, 7) is 1.88. The SMILES string of the molecule is COc1cc(Cl)c(C)cc1Nc1nncc(NC2CCS(=O)(=O)C2)n1. The molecule has 0 spiro atoms. The molecule has 134 valence electrons. The summed E-state index contributed by atoms with van der Waals surface area (Å²) in [7, 11) is -1.42. The van der Waals surface area contributed by atoms with Gasteiger partial charge in [0.15, 0.2) is 15.7 Å². The van der Waals surface area contributed by atoms with Crippen molar-refractivity contribution >= 4 is 38.9 Å². The number of benzene rings is 1. The van der Waals surface area contributed by atoms with Crippen LogP contribution in [0.3, 0.4) is 0 Å². The van der Waals surface area contributed by atoms with Crippen LogP contribution in [0.1, 0.15) is 12.0 Å². The predicted octanol–water partition coefficient (Wildman–Crippen LogP) is 2.18. The van der Waals surface area contributed by atoms with Gasteiger partial charge in [0, 0.05) is 17.1 Å². The average molecular weight is 384 g/mol. The van der Waals surface area contributed by atoms with Gasteiger partial charge in [-0.05, 0) is 25.0 Å². The van der Waals surface area contributed by atoms with Gasteiger partial charge in [-0.1, -0.05) is 11.6 Å². The van der Waals surface area contributed by atoms with Crippen molar-refractivity contribution in [3.05, 3.63) is 28.9 Å². The molecule has 1 fully saturated rings. The molecule has 1 saturated heterocycles. The zero-order valence-corrected chi connectivity index (χ0v) is 15.4. The topological polar surface area (TPSA) is 106 Å². The highest BCUT2D eigenvalue weighted by Crippen LogP contribution is 2.32. The highest BCUT2D eigenvalue weighted by molar-refractivity contribution is 7.91. The average Bonchev–Trinajstić information content (AvgIpc) is 2.89. The first-order chi connectivity index (χ1) is 11.9. The van der Waals surface area contributed by atoms with Crippen LogP contribution in [0.5, 0.6) is 5.75 Å². The molecule has 1 aromatic carbocycles. The fourth-order valence-corrected chi connectivity index (χ4v) is 4.42. The summed E-state index contributed by atoms with van der Waals surface area (Å²) in [4.78, 5) is 4.33. The highest BCUT2D eigenvalue weighted by Gasteiger charge is 2.28. The van der Waals surface area contributed by atoms with Gasteiger partial charge >= 0.3 is 0 Å². The number of ether oxygens (including phenoxy) is 1. The van der Waals surface area contributed by atoms with Crippen molar-refractivity contribution in [1.29, 1.82) is 0 Å². The van der Waals surface area contributed by atoms with Crippen molar-refractivity contribution < 1.29 is 13.2 Å². The Morgan fingerprint density at radius 2 is 2.16 bits per heavy atom. The van der Waals surface area contributed by atoms with Crippen LogP contribution < -0.4 is 15.4 Å². The lowest BCUT2D eigenvalue weighted by Gasteiger charge is -2.14. The minimum atomic E-state index is -2.96. The molecular formula is C15H18ClN5O3S. The molecule has 25 heavy (non-hydrogen) atoms. The molecule has 2 N–H and O–H groups in total. The van der Waals surface area contributed by atoms with Gasteiger partial charge in [0.05, 0.1) is 30.5 Å². The van der Waals surface area contributed by atoms with Crippen molar-refractivity contribution in [3.63, 3.8) is 0 Å². The van der Waals surface area contributed by atoms with Gasteiger partial charge in [0.2, 0.25) is 5.95 Å². The minimum absolute atomic E-state index is 0.101. The van der Waals surface area contributed by atoms with E-state index in [9.17, 15) is 8.42 Å². The van der Waals surface area contributed by atoms with Crippen LogP contribution in [0.4, 0.5) is 17.5 Å². The predicted molar refractivity (Wildman–Crippen MR) is 96.5 cm³/mol. The Kier molecular flexibility index (Phi) is 4.96. The number of nitrogens with one attached hydrogen (secondary N) is 2. The molecule has 1 aliphatic heterocycles. The molecule has 8 nitrogen and oxygen atoms in total. The van der Waals surface area contributed by atoms with Crippen LogP contribution in [-0.4, -0.2) is 48.3 Å². The molecule has 2 aromatic rings. The molecule has 0 aliphatic carbocycles. The van der Waals surface area contributed by atoms with Gasteiger partial charge < -0.3 is 15.4 Å². The van der Waals surface area contributed by atoms with Crippen molar-refractivity contribution in [2.45, 2.75) is 19.4 Å². The Morgan fingerprint density at radius 1 is 1.36 bits per heavy atom. The van der Waals surface area contributed by atoms with E-state index in [1.54, 1.807) is 13.2 Å². The Labute approximate surface area is 150 Å². The first-order valence-corrected chi connectivity index (χ1v) is 9.84. The molecule has 2 heterocycles. The summed E-state index contributed by atoms with van der Waals surface area (Å²) in [5, 5.41) is 14.6. The van der Waals surface area contributed by atoms with Crippen LogP contribution in [0.25, 0.3) is 0 Å². The quantitative estimate of drug-likeness (QED) is 0.809. The molecule has 0 radical (unpaired) electrons. The molecule has 10 heteroatoms. The van der Waals surface area contributed by atoms with Gasteiger partial charge in [-0.3, -0.25) is 0 Å². The Balaban J connectivity index is 1.77.